The largest absolute Gasteiger partial charge is 0.494 e. The molecule has 0 saturated carbocycles. The normalized spacial score (nSPS) is 10.3. The molecule has 0 saturated heterocycles. The van der Waals surface area contributed by atoms with Crippen molar-refractivity contribution in [3.05, 3.63) is 71.1 Å². The van der Waals surface area contributed by atoms with Crippen LogP contribution >= 0.6 is 11.3 Å². The summed E-state index contributed by atoms with van der Waals surface area (Å²) in [5, 5.41) is 5.12. The summed E-state index contributed by atoms with van der Waals surface area (Å²) in [6.45, 7) is 2.46. The Bertz CT molecular complexity index is 933. The number of carbonyl (C=O) groups is 2. The highest BCUT2D eigenvalue weighted by Gasteiger charge is 2.22. The molecule has 0 spiro atoms. The zero-order valence-corrected chi connectivity index (χ0v) is 15.8. The van der Waals surface area contributed by atoms with Gasteiger partial charge >= 0.3 is 5.97 Å². The predicted molar refractivity (Wildman–Crippen MR) is 107 cm³/mol. The minimum absolute atomic E-state index is 0.301. The summed E-state index contributed by atoms with van der Waals surface area (Å²) in [7, 11) is 1.33. The van der Waals surface area contributed by atoms with E-state index in [1.807, 2.05) is 42.6 Å². The molecule has 1 amide bonds. The molecule has 3 rings (SSSR count). The number of hydrogen-bond donors (Lipinski definition) is 1. The smallest absolute Gasteiger partial charge is 0.341 e. The van der Waals surface area contributed by atoms with E-state index in [0.29, 0.717) is 28.5 Å². The molecule has 0 unspecified atom stereocenters. The third-order valence-electron chi connectivity index (χ3n) is 3.92. The van der Waals surface area contributed by atoms with E-state index in [-0.39, 0.29) is 5.91 Å². The first-order valence-corrected chi connectivity index (χ1v) is 9.31. The zero-order chi connectivity index (χ0) is 19.2. The van der Waals surface area contributed by atoms with E-state index in [1.165, 1.54) is 18.4 Å². The number of anilines is 1. The van der Waals surface area contributed by atoms with Gasteiger partial charge in [-0.1, -0.05) is 30.3 Å². The summed E-state index contributed by atoms with van der Waals surface area (Å²) >= 11 is 1.29. The van der Waals surface area contributed by atoms with Crippen LogP contribution in [0, 0.1) is 0 Å². The number of hydrogen-bond acceptors (Lipinski definition) is 5. The highest BCUT2D eigenvalue weighted by atomic mass is 32.1. The number of esters is 1. The topological polar surface area (TPSA) is 64.6 Å². The maximum Gasteiger partial charge on any atom is 0.341 e. The molecule has 2 aromatic carbocycles. The second-order valence-corrected chi connectivity index (χ2v) is 6.50. The van der Waals surface area contributed by atoms with Crippen molar-refractivity contribution in [1.82, 2.24) is 0 Å². The maximum absolute atomic E-state index is 12.6. The Kier molecular flexibility index (Phi) is 5.88. The number of amides is 1. The summed E-state index contributed by atoms with van der Waals surface area (Å²) < 4.78 is 10.3. The summed E-state index contributed by atoms with van der Waals surface area (Å²) in [6, 6.07) is 16.4. The number of carbonyl (C=O) groups excluding carboxylic acids is 2. The Hall–Kier alpha value is -3.12. The van der Waals surface area contributed by atoms with Crippen LogP contribution in [0.1, 0.15) is 27.6 Å². The van der Waals surface area contributed by atoms with E-state index in [0.717, 1.165) is 11.1 Å². The first-order chi connectivity index (χ1) is 13.1. The molecular formula is C21H19NO4S. The Balaban J connectivity index is 1.89. The monoisotopic (exact) mass is 381 g/mol. The van der Waals surface area contributed by atoms with Crippen LogP contribution < -0.4 is 10.1 Å². The van der Waals surface area contributed by atoms with Gasteiger partial charge in [-0.2, -0.15) is 0 Å². The molecule has 0 aliphatic heterocycles. The van der Waals surface area contributed by atoms with Crippen molar-refractivity contribution in [2.75, 3.05) is 19.0 Å². The first-order valence-electron chi connectivity index (χ1n) is 8.43. The van der Waals surface area contributed by atoms with Gasteiger partial charge in [-0.3, -0.25) is 4.79 Å². The third-order valence-corrected chi connectivity index (χ3v) is 4.82. The van der Waals surface area contributed by atoms with E-state index in [1.54, 1.807) is 24.3 Å². The Morgan fingerprint density at radius 3 is 2.37 bits per heavy atom. The number of methoxy groups -OCH3 is 1. The van der Waals surface area contributed by atoms with E-state index in [9.17, 15) is 9.59 Å². The van der Waals surface area contributed by atoms with Crippen LogP contribution in [0.5, 0.6) is 5.75 Å². The third kappa shape index (κ3) is 4.17. The number of nitrogens with one attached hydrogen (secondary N) is 1. The average Bonchev–Trinajstić information content (AvgIpc) is 3.12. The molecule has 1 heterocycles. The van der Waals surface area contributed by atoms with Crippen molar-refractivity contribution < 1.29 is 19.1 Å². The van der Waals surface area contributed by atoms with Gasteiger partial charge in [-0.25, -0.2) is 4.79 Å². The van der Waals surface area contributed by atoms with Crippen molar-refractivity contribution in [2.45, 2.75) is 6.92 Å². The molecule has 0 atom stereocenters. The van der Waals surface area contributed by atoms with Gasteiger partial charge in [0.1, 0.15) is 16.3 Å². The fourth-order valence-corrected chi connectivity index (χ4v) is 3.58. The SMILES string of the molecule is CCOc1ccc(C(=O)Nc2scc(-c3ccccc3)c2C(=O)OC)cc1. The van der Waals surface area contributed by atoms with Crippen molar-refractivity contribution in [3.8, 4) is 16.9 Å². The molecule has 3 aromatic rings. The van der Waals surface area contributed by atoms with E-state index in [2.05, 4.69) is 5.32 Å². The van der Waals surface area contributed by atoms with Gasteiger partial charge in [-0.15, -0.1) is 11.3 Å². The van der Waals surface area contributed by atoms with Crippen LogP contribution in [0.25, 0.3) is 11.1 Å². The van der Waals surface area contributed by atoms with Crippen LogP contribution in [0.15, 0.2) is 60.0 Å². The quantitative estimate of drug-likeness (QED) is 0.620. The number of rotatable bonds is 6. The Labute approximate surface area is 161 Å². The van der Waals surface area contributed by atoms with Crippen LogP contribution in [0.4, 0.5) is 5.00 Å². The van der Waals surface area contributed by atoms with Crippen molar-refractivity contribution in [3.63, 3.8) is 0 Å². The molecule has 0 aliphatic carbocycles. The molecule has 1 N–H and O–H groups in total. The molecule has 0 bridgehead atoms. The minimum Gasteiger partial charge on any atom is -0.494 e. The molecule has 27 heavy (non-hydrogen) atoms. The predicted octanol–water partition coefficient (Wildman–Crippen LogP) is 4.85. The van der Waals surface area contributed by atoms with Crippen LogP contribution in [0.2, 0.25) is 0 Å². The lowest BCUT2D eigenvalue weighted by atomic mass is 10.0. The molecule has 6 heteroatoms. The van der Waals surface area contributed by atoms with Gasteiger partial charge in [-0.05, 0) is 36.8 Å². The first kappa shape index (κ1) is 18.7. The highest BCUT2D eigenvalue weighted by molar-refractivity contribution is 7.15. The number of benzene rings is 2. The van der Waals surface area contributed by atoms with Gasteiger partial charge in [0, 0.05) is 16.5 Å². The summed E-state index contributed by atoms with van der Waals surface area (Å²) in [4.78, 5) is 24.9. The molecule has 0 radical (unpaired) electrons. The van der Waals surface area contributed by atoms with Gasteiger partial charge in [0.2, 0.25) is 0 Å². The van der Waals surface area contributed by atoms with Crippen molar-refractivity contribution >= 4 is 28.2 Å². The average molecular weight is 381 g/mol. The maximum atomic E-state index is 12.6. The fraction of sp³-hybridized carbons (Fsp3) is 0.143. The lowest BCUT2D eigenvalue weighted by molar-refractivity contribution is 0.0603. The second kappa shape index (κ2) is 8.51. The number of thiophene rings is 1. The standard InChI is InChI=1S/C21H19NO4S/c1-3-26-16-11-9-15(10-12-16)19(23)22-20-18(21(24)25-2)17(13-27-20)14-7-5-4-6-8-14/h4-13H,3H2,1-2H3,(H,22,23). The van der Waals surface area contributed by atoms with E-state index < -0.39 is 5.97 Å². The molecule has 5 nitrogen and oxygen atoms in total. The van der Waals surface area contributed by atoms with Crippen molar-refractivity contribution in [1.29, 1.82) is 0 Å². The zero-order valence-electron chi connectivity index (χ0n) is 15.0. The lowest BCUT2D eigenvalue weighted by Gasteiger charge is -2.08. The van der Waals surface area contributed by atoms with Gasteiger partial charge < -0.3 is 14.8 Å². The highest BCUT2D eigenvalue weighted by Crippen LogP contribution is 2.36. The molecule has 0 aliphatic rings. The van der Waals surface area contributed by atoms with Crippen LogP contribution in [-0.2, 0) is 4.74 Å². The Morgan fingerprint density at radius 1 is 1.04 bits per heavy atom. The summed E-state index contributed by atoms with van der Waals surface area (Å²) in [5.41, 5.74) is 2.45. The minimum atomic E-state index is -0.489. The van der Waals surface area contributed by atoms with Crippen LogP contribution in [-0.4, -0.2) is 25.6 Å². The number of ether oxygens (including phenoxy) is 2. The lowest BCUT2D eigenvalue weighted by Crippen LogP contribution is -2.14. The van der Waals surface area contributed by atoms with E-state index in [4.69, 9.17) is 9.47 Å². The van der Waals surface area contributed by atoms with Crippen molar-refractivity contribution in [2.24, 2.45) is 0 Å². The molecular weight excluding hydrogens is 362 g/mol. The van der Waals surface area contributed by atoms with Crippen LogP contribution in [0.3, 0.4) is 0 Å². The van der Waals surface area contributed by atoms with E-state index >= 15 is 0 Å². The van der Waals surface area contributed by atoms with Gasteiger partial charge in [0.15, 0.2) is 0 Å². The summed E-state index contributed by atoms with van der Waals surface area (Å²) in [5.74, 6) is -0.0893. The molecule has 138 valence electrons. The Morgan fingerprint density at radius 2 is 1.74 bits per heavy atom. The molecule has 1 aromatic heterocycles. The summed E-state index contributed by atoms with van der Waals surface area (Å²) in [6.07, 6.45) is 0. The van der Waals surface area contributed by atoms with Gasteiger partial charge in [0.05, 0.1) is 13.7 Å². The second-order valence-electron chi connectivity index (χ2n) is 5.62. The fourth-order valence-electron chi connectivity index (χ4n) is 2.63. The molecule has 0 fully saturated rings. The van der Waals surface area contributed by atoms with Gasteiger partial charge in [0.25, 0.3) is 5.91 Å².